The molecule has 0 aliphatic heterocycles. The van der Waals surface area contributed by atoms with E-state index in [4.69, 9.17) is 0 Å². The summed E-state index contributed by atoms with van der Waals surface area (Å²) in [6.07, 6.45) is 2.56. The zero-order valence-corrected chi connectivity index (χ0v) is 18.0. The van der Waals surface area contributed by atoms with E-state index in [0.29, 0.717) is 11.3 Å². The van der Waals surface area contributed by atoms with Gasteiger partial charge in [0.15, 0.2) is 14.6 Å². The standard InChI is InChI=1S/C22H24N2O3S2/c1-3-13-24-19-11-10-17(4-2)15-20(19)28-22(24)23-21(25)12-14-29(26,27)16-18-8-6-5-7-9-18/h3,5-11,15H,1,4,12-14,16H2,2H3. The molecule has 0 saturated heterocycles. The van der Waals surface area contributed by atoms with Crippen LogP contribution in [0, 0.1) is 0 Å². The topological polar surface area (TPSA) is 68.5 Å². The third kappa shape index (κ3) is 5.52. The van der Waals surface area contributed by atoms with Gasteiger partial charge in [0.05, 0.1) is 21.7 Å². The Balaban J connectivity index is 1.80. The van der Waals surface area contributed by atoms with Crippen LogP contribution in [-0.4, -0.2) is 24.6 Å². The largest absolute Gasteiger partial charge is 0.313 e. The maximum absolute atomic E-state index is 12.4. The summed E-state index contributed by atoms with van der Waals surface area (Å²) in [5.74, 6) is -0.710. The van der Waals surface area contributed by atoms with Gasteiger partial charge >= 0.3 is 0 Å². The van der Waals surface area contributed by atoms with Crippen molar-refractivity contribution in [2.45, 2.75) is 32.1 Å². The van der Waals surface area contributed by atoms with Crippen molar-refractivity contribution in [1.29, 1.82) is 0 Å². The van der Waals surface area contributed by atoms with Gasteiger partial charge in [-0.3, -0.25) is 4.79 Å². The SMILES string of the molecule is C=CCn1c(=NC(=O)CCS(=O)(=O)Cc2ccccc2)sc2cc(CC)ccc21. The molecule has 1 aromatic heterocycles. The fourth-order valence-corrected chi connectivity index (χ4v) is 5.48. The van der Waals surface area contributed by atoms with Crippen LogP contribution >= 0.6 is 11.3 Å². The number of carbonyl (C=O) groups excluding carboxylic acids is 1. The van der Waals surface area contributed by atoms with Gasteiger partial charge in [-0.25, -0.2) is 8.42 Å². The Hall–Kier alpha value is -2.51. The molecular weight excluding hydrogens is 404 g/mol. The first-order valence-electron chi connectivity index (χ1n) is 9.47. The number of hydrogen-bond donors (Lipinski definition) is 0. The van der Waals surface area contributed by atoms with E-state index in [-0.39, 0.29) is 17.9 Å². The number of rotatable bonds is 8. The zero-order valence-electron chi connectivity index (χ0n) is 16.4. The van der Waals surface area contributed by atoms with Crippen LogP contribution in [0.2, 0.25) is 0 Å². The van der Waals surface area contributed by atoms with E-state index in [2.05, 4.69) is 30.6 Å². The van der Waals surface area contributed by atoms with Gasteiger partial charge in [-0.15, -0.1) is 6.58 Å². The molecule has 152 valence electrons. The van der Waals surface area contributed by atoms with Crippen molar-refractivity contribution in [3.8, 4) is 0 Å². The lowest BCUT2D eigenvalue weighted by Gasteiger charge is -2.03. The molecular formula is C22H24N2O3S2. The Morgan fingerprint density at radius 3 is 2.62 bits per heavy atom. The van der Waals surface area contributed by atoms with Gasteiger partial charge in [0.2, 0.25) is 5.91 Å². The summed E-state index contributed by atoms with van der Waals surface area (Å²) < 4.78 is 27.6. The Kier molecular flexibility index (Phi) is 6.82. The van der Waals surface area contributed by atoms with Gasteiger partial charge < -0.3 is 4.57 Å². The minimum Gasteiger partial charge on any atom is -0.313 e. The molecule has 0 unspecified atom stereocenters. The van der Waals surface area contributed by atoms with Crippen LogP contribution in [0.15, 0.2) is 66.2 Å². The third-order valence-electron chi connectivity index (χ3n) is 4.54. The summed E-state index contributed by atoms with van der Waals surface area (Å²) >= 11 is 1.44. The van der Waals surface area contributed by atoms with Gasteiger partial charge in [-0.2, -0.15) is 4.99 Å². The number of thiazole rings is 1. The minimum absolute atomic E-state index is 0.0692. The van der Waals surface area contributed by atoms with Gasteiger partial charge in [-0.1, -0.05) is 60.7 Å². The normalized spacial score (nSPS) is 12.4. The van der Waals surface area contributed by atoms with Crippen LogP contribution < -0.4 is 4.80 Å². The number of allylic oxidation sites excluding steroid dienone is 1. The molecule has 0 bridgehead atoms. The lowest BCUT2D eigenvalue weighted by molar-refractivity contribution is -0.117. The van der Waals surface area contributed by atoms with Crippen LogP contribution in [0.1, 0.15) is 24.5 Å². The van der Waals surface area contributed by atoms with Crippen LogP contribution in [0.4, 0.5) is 0 Å². The molecule has 0 N–H and O–H groups in total. The lowest BCUT2D eigenvalue weighted by Crippen LogP contribution is -2.18. The highest BCUT2D eigenvalue weighted by molar-refractivity contribution is 7.90. The molecule has 3 aromatic rings. The minimum atomic E-state index is -3.38. The Morgan fingerprint density at radius 1 is 1.17 bits per heavy atom. The van der Waals surface area contributed by atoms with E-state index in [0.717, 1.165) is 22.2 Å². The first-order valence-corrected chi connectivity index (χ1v) is 12.1. The summed E-state index contributed by atoms with van der Waals surface area (Å²) in [5.41, 5.74) is 2.93. The van der Waals surface area contributed by atoms with E-state index >= 15 is 0 Å². The molecule has 29 heavy (non-hydrogen) atoms. The molecule has 1 heterocycles. The van der Waals surface area contributed by atoms with Crippen molar-refractivity contribution in [3.63, 3.8) is 0 Å². The summed E-state index contributed by atoms with van der Waals surface area (Å²) in [6.45, 7) is 6.41. The molecule has 0 fully saturated rings. The smallest absolute Gasteiger partial charge is 0.249 e. The summed E-state index contributed by atoms with van der Waals surface area (Å²) in [5, 5.41) is 0. The van der Waals surface area contributed by atoms with Gasteiger partial charge in [0.1, 0.15) is 0 Å². The number of aromatic nitrogens is 1. The monoisotopic (exact) mass is 428 g/mol. The van der Waals surface area contributed by atoms with Crippen LogP contribution in [0.5, 0.6) is 0 Å². The second-order valence-electron chi connectivity index (χ2n) is 6.77. The maximum atomic E-state index is 12.4. The molecule has 0 radical (unpaired) electrons. The number of carbonyl (C=O) groups is 1. The van der Waals surface area contributed by atoms with Gasteiger partial charge in [-0.05, 0) is 29.7 Å². The van der Waals surface area contributed by atoms with Gasteiger partial charge in [0.25, 0.3) is 0 Å². The molecule has 3 rings (SSSR count). The maximum Gasteiger partial charge on any atom is 0.249 e. The number of fused-ring (bicyclic) bond motifs is 1. The number of benzene rings is 2. The van der Waals surface area contributed by atoms with E-state index in [9.17, 15) is 13.2 Å². The molecule has 5 nitrogen and oxygen atoms in total. The number of nitrogens with zero attached hydrogens (tertiary/aromatic N) is 2. The van der Waals surface area contributed by atoms with Gasteiger partial charge in [0, 0.05) is 13.0 Å². The fourth-order valence-electron chi connectivity index (χ4n) is 3.03. The molecule has 0 atom stereocenters. The highest BCUT2D eigenvalue weighted by atomic mass is 32.2. The van der Waals surface area contributed by atoms with Crippen molar-refractivity contribution < 1.29 is 13.2 Å². The molecule has 1 amide bonds. The third-order valence-corrected chi connectivity index (χ3v) is 7.18. The first kappa shape index (κ1) is 21.2. The predicted octanol–water partition coefficient (Wildman–Crippen LogP) is 3.88. The molecule has 2 aromatic carbocycles. The van der Waals surface area contributed by atoms with Crippen molar-refractivity contribution in [2.75, 3.05) is 5.75 Å². The zero-order chi connectivity index (χ0) is 20.9. The Labute approximate surface area is 175 Å². The highest BCUT2D eigenvalue weighted by Crippen LogP contribution is 2.20. The number of aryl methyl sites for hydroxylation is 1. The van der Waals surface area contributed by atoms with E-state index in [1.165, 1.54) is 16.9 Å². The molecule has 0 spiro atoms. The van der Waals surface area contributed by atoms with Crippen LogP contribution in [-0.2, 0) is 33.4 Å². The number of sulfone groups is 1. The average Bonchev–Trinajstić information content (AvgIpc) is 3.03. The highest BCUT2D eigenvalue weighted by Gasteiger charge is 2.15. The molecule has 0 aliphatic carbocycles. The average molecular weight is 429 g/mol. The van der Waals surface area contributed by atoms with Crippen molar-refractivity contribution in [3.05, 3.63) is 77.1 Å². The van der Waals surface area contributed by atoms with Crippen molar-refractivity contribution in [2.24, 2.45) is 4.99 Å². The lowest BCUT2D eigenvalue weighted by atomic mass is 10.2. The summed E-state index contributed by atoms with van der Waals surface area (Å²) in [6, 6.07) is 15.2. The molecule has 0 aliphatic rings. The van der Waals surface area contributed by atoms with Crippen molar-refractivity contribution in [1.82, 2.24) is 4.57 Å². The second kappa shape index (κ2) is 9.33. The van der Waals surface area contributed by atoms with E-state index in [1.54, 1.807) is 30.3 Å². The van der Waals surface area contributed by atoms with Crippen LogP contribution in [0.3, 0.4) is 0 Å². The summed E-state index contributed by atoms with van der Waals surface area (Å²) in [4.78, 5) is 17.2. The predicted molar refractivity (Wildman–Crippen MR) is 119 cm³/mol. The van der Waals surface area contributed by atoms with Crippen LogP contribution in [0.25, 0.3) is 10.2 Å². The second-order valence-corrected chi connectivity index (χ2v) is 9.97. The quantitative estimate of drug-likeness (QED) is 0.511. The number of amides is 1. The molecule has 7 heteroatoms. The van der Waals surface area contributed by atoms with E-state index < -0.39 is 15.7 Å². The van der Waals surface area contributed by atoms with Crippen molar-refractivity contribution >= 4 is 37.3 Å². The van der Waals surface area contributed by atoms with E-state index in [1.807, 2.05) is 16.7 Å². The Morgan fingerprint density at radius 2 is 1.93 bits per heavy atom. The molecule has 0 saturated carbocycles. The summed E-state index contributed by atoms with van der Waals surface area (Å²) in [7, 11) is -3.38. The first-order chi connectivity index (χ1) is 13.9. The Bertz CT molecular complexity index is 1190. The fraction of sp³-hybridized carbons (Fsp3) is 0.273. The number of hydrogen-bond acceptors (Lipinski definition) is 4.